The van der Waals surface area contributed by atoms with E-state index in [-0.39, 0.29) is 0 Å². The minimum atomic E-state index is -1.89. The summed E-state index contributed by atoms with van der Waals surface area (Å²) in [6.45, 7) is 0.884. The lowest BCUT2D eigenvalue weighted by Crippen LogP contribution is -2.71. The average Bonchev–Trinajstić information content (AvgIpc) is 3.14. The zero-order valence-electron chi connectivity index (χ0n) is 31.3. The molecule has 25 nitrogen and oxygen atoms in total. The van der Waals surface area contributed by atoms with Gasteiger partial charge in [0.15, 0.2) is 25.2 Å². The molecular formula is C32H54N4O21. The quantitative estimate of drug-likeness (QED) is 0.0773. The number of ether oxygens (including phenoxy) is 7. The van der Waals surface area contributed by atoms with Crippen LogP contribution in [-0.2, 0) is 52.3 Å². The standard InChI is InChI=1S/C32H54N4O21/c1-9(41)33-17-23(47)26(14(6-38)51-29(17)50)55-31-19(35-11(3)43)25(49)28(16(8-40)53-31)57-32-20(36-12(4)44)24(48)27(15(7-39)54-32)56-30-18(34-10(2)42)22(46)21(45)13(5-37)52-30/h13-32,37-40,45-50H,5-8H2,1-4H3,(H,33,41)(H,34,42)(H,35,43)(H,36,44)/t13-,14-,15-,16-,17-,18-,19-,20-,21-,22-,23-,24-,25-,26-,27-,28-,29?,30-,31-,32-/m1/s1. The zero-order valence-corrected chi connectivity index (χ0v) is 31.3. The van der Waals surface area contributed by atoms with Crippen molar-refractivity contribution in [1.82, 2.24) is 21.3 Å². The normalized spacial score (nSPS) is 43.8. The monoisotopic (exact) mass is 830 g/mol. The topological polar surface area (TPSA) is 383 Å². The van der Waals surface area contributed by atoms with Gasteiger partial charge in [-0.1, -0.05) is 0 Å². The van der Waals surface area contributed by atoms with Crippen LogP contribution in [0.5, 0.6) is 0 Å². The summed E-state index contributed by atoms with van der Waals surface area (Å²) >= 11 is 0. The van der Waals surface area contributed by atoms with E-state index in [1.165, 1.54) is 0 Å². The van der Waals surface area contributed by atoms with Gasteiger partial charge in [0, 0.05) is 27.7 Å². The maximum atomic E-state index is 12.4. The number of rotatable bonds is 14. The van der Waals surface area contributed by atoms with Gasteiger partial charge in [-0.15, -0.1) is 0 Å². The van der Waals surface area contributed by atoms with Crippen molar-refractivity contribution in [2.45, 2.75) is 150 Å². The molecular weight excluding hydrogens is 776 g/mol. The fourth-order valence-corrected chi connectivity index (χ4v) is 7.17. The minimum Gasteiger partial charge on any atom is -0.394 e. The lowest BCUT2D eigenvalue weighted by molar-refractivity contribution is -0.362. The van der Waals surface area contributed by atoms with Gasteiger partial charge in [0.2, 0.25) is 23.6 Å². The minimum absolute atomic E-state index is 0.664. The summed E-state index contributed by atoms with van der Waals surface area (Å²) in [6, 6.07) is -6.15. The lowest BCUT2D eigenvalue weighted by Gasteiger charge is -2.51. The summed E-state index contributed by atoms with van der Waals surface area (Å²) in [5, 5.41) is 116. The Bertz CT molecular complexity index is 1370. The molecule has 0 spiro atoms. The fraction of sp³-hybridized carbons (Fsp3) is 0.875. The Labute approximate surface area is 325 Å². The molecule has 4 amide bonds. The number of aliphatic hydroxyl groups excluding tert-OH is 10. The Morgan fingerprint density at radius 2 is 0.702 bits per heavy atom. The van der Waals surface area contributed by atoms with E-state index in [2.05, 4.69) is 21.3 Å². The van der Waals surface area contributed by atoms with E-state index in [9.17, 15) is 70.2 Å². The van der Waals surface area contributed by atoms with Gasteiger partial charge in [-0.3, -0.25) is 19.2 Å². The fourth-order valence-electron chi connectivity index (χ4n) is 7.17. The van der Waals surface area contributed by atoms with E-state index in [1.54, 1.807) is 0 Å². The summed E-state index contributed by atoms with van der Waals surface area (Å²) in [4.78, 5) is 48.5. The molecule has 4 aliphatic heterocycles. The maximum absolute atomic E-state index is 12.4. The number of aliphatic hydroxyl groups is 10. The molecule has 4 fully saturated rings. The highest BCUT2D eigenvalue weighted by molar-refractivity contribution is 5.74. The van der Waals surface area contributed by atoms with Gasteiger partial charge in [-0.25, -0.2) is 0 Å². The average molecular weight is 831 g/mol. The molecule has 14 N–H and O–H groups in total. The Hall–Kier alpha value is -2.80. The van der Waals surface area contributed by atoms with Crippen LogP contribution in [0.2, 0.25) is 0 Å². The second kappa shape index (κ2) is 20.4. The van der Waals surface area contributed by atoms with Crippen molar-refractivity contribution in [1.29, 1.82) is 0 Å². The van der Waals surface area contributed by atoms with Crippen molar-refractivity contribution < 1.29 is 103 Å². The first-order valence-corrected chi connectivity index (χ1v) is 18.1. The van der Waals surface area contributed by atoms with Crippen LogP contribution < -0.4 is 21.3 Å². The highest BCUT2D eigenvalue weighted by atomic mass is 16.8. The predicted octanol–water partition coefficient (Wildman–Crippen LogP) is -9.17. The Morgan fingerprint density at radius 1 is 0.421 bits per heavy atom. The van der Waals surface area contributed by atoms with Crippen molar-refractivity contribution >= 4 is 23.6 Å². The summed E-state index contributed by atoms with van der Waals surface area (Å²) < 4.78 is 40.6. The molecule has 0 aliphatic carbocycles. The number of nitrogens with one attached hydrogen (secondary N) is 4. The van der Waals surface area contributed by atoms with E-state index in [1.807, 2.05) is 0 Å². The molecule has 4 rings (SSSR count). The number of hydrogen-bond acceptors (Lipinski definition) is 21. The molecule has 57 heavy (non-hydrogen) atoms. The van der Waals surface area contributed by atoms with E-state index >= 15 is 0 Å². The van der Waals surface area contributed by atoms with Crippen molar-refractivity contribution in [3.63, 3.8) is 0 Å². The van der Waals surface area contributed by atoms with Crippen LogP contribution in [-0.4, -0.2) is 224 Å². The van der Waals surface area contributed by atoms with E-state index in [0.717, 1.165) is 27.7 Å². The molecule has 0 saturated carbocycles. The van der Waals surface area contributed by atoms with Crippen LogP contribution in [0.25, 0.3) is 0 Å². The molecule has 1 unspecified atom stereocenters. The molecule has 0 radical (unpaired) electrons. The predicted molar refractivity (Wildman–Crippen MR) is 180 cm³/mol. The molecule has 25 heteroatoms. The summed E-state index contributed by atoms with van der Waals surface area (Å²) in [6.07, 6.45) is -26.9. The van der Waals surface area contributed by atoms with Crippen molar-refractivity contribution in [3.8, 4) is 0 Å². The maximum Gasteiger partial charge on any atom is 0.217 e. The molecule has 4 heterocycles. The summed E-state index contributed by atoms with van der Waals surface area (Å²) in [7, 11) is 0. The molecule has 20 atom stereocenters. The Morgan fingerprint density at radius 3 is 1.04 bits per heavy atom. The van der Waals surface area contributed by atoms with Crippen molar-refractivity contribution in [2.75, 3.05) is 26.4 Å². The van der Waals surface area contributed by atoms with Crippen LogP contribution in [0.4, 0.5) is 0 Å². The van der Waals surface area contributed by atoms with Crippen molar-refractivity contribution in [2.24, 2.45) is 0 Å². The summed E-state index contributed by atoms with van der Waals surface area (Å²) in [5.74, 6) is -2.84. The smallest absolute Gasteiger partial charge is 0.217 e. The van der Waals surface area contributed by atoms with Crippen LogP contribution in [0.3, 0.4) is 0 Å². The largest absolute Gasteiger partial charge is 0.394 e. The van der Waals surface area contributed by atoms with Crippen LogP contribution in [0, 0.1) is 0 Å². The van der Waals surface area contributed by atoms with E-state index in [4.69, 9.17) is 33.2 Å². The summed E-state index contributed by atoms with van der Waals surface area (Å²) in [5.41, 5.74) is 0. The van der Waals surface area contributed by atoms with Crippen LogP contribution in [0.15, 0.2) is 0 Å². The number of carbonyl (C=O) groups excluding carboxylic acids is 4. The van der Waals surface area contributed by atoms with Gasteiger partial charge in [0.1, 0.15) is 97.4 Å². The van der Waals surface area contributed by atoms with Gasteiger partial charge in [-0.05, 0) is 0 Å². The molecule has 328 valence electrons. The molecule has 0 aromatic heterocycles. The zero-order chi connectivity index (χ0) is 42.5. The Kier molecular flexibility index (Phi) is 16.8. The highest BCUT2D eigenvalue weighted by Gasteiger charge is 2.56. The number of hydrogen-bond donors (Lipinski definition) is 14. The van der Waals surface area contributed by atoms with E-state index in [0.29, 0.717) is 0 Å². The molecule has 0 aromatic rings. The van der Waals surface area contributed by atoms with Crippen LogP contribution >= 0.6 is 0 Å². The highest BCUT2D eigenvalue weighted by Crippen LogP contribution is 2.34. The molecule has 4 saturated heterocycles. The lowest BCUT2D eigenvalue weighted by atomic mass is 9.93. The van der Waals surface area contributed by atoms with Crippen molar-refractivity contribution in [3.05, 3.63) is 0 Å². The first kappa shape index (κ1) is 46.9. The number of amides is 4. The van der Waals surface area contributed by atoms with Crippen LogP contribution in [0.1, 0.15) is 27.7 Å². The first-order chi connectivity index (χ1) is 26.9. The van der Waals surface area contributed by atoms with Gasteiger partial charge < -0.3 is 105 Å². The third kappa shape index (κ3) is 10.9. The SMILES string of the molecule is CC(=O)N[C@H]1[C@@H](O[C@H]2[C@H](O)[C@@H](NC(C)=O)C(O)O[C@@H]2CO)O[C@H](CO)[C@@H](O[C@H]2O[C@H](CO)[C@@H](O[C@H]3O[C@H](CO)[C@@H](O)[C@H](O)[C@H]3NC(C)=O)[C@H](O)[C@H]2NC(C)=O)[C@@H]1O. The first-order valence-electron chi connectivity index (χ1n) is 18.1. The van der Waals surface area contributed by atoms with E-state index < -0.39 is 173 Å². The number of carbonyl (C=O) groups is 4. The van der Waals surface area contributed by atoms with Gasteiger partial charge in [0.05, 0.1) is 26.4 Å². The third-order valence-electron chi connectivity index (χ3n) is 9.81. The van der Waals surface area contributed by atoms with Gasteiger partial charge in [0.25, 0.3) is 0 Å². The second-order valence-electron chi connectivity index (χ2n) is 14.1. The van der Waals surface area contributed by atoms with Gasteiger partial charge in [-0.2, -0.15) is 0 Å². The third-order valence-corrected chi connectivity index (χ3v) is 9.81. The van der Waals surface area contributed by atoms with Gasteiger partial charge >= 0.3 is 0 Å². The Balaban J connectivity index is 1.61. The molecule has 4 aliphatic rings. The second-order valence-corrected chi connectivity index (χ2v) is 14.1. The molecule has 0 bridgehead atoms. The molecule has 0 aromatic carbocycles.